The molecule has 1 fully saturated rings. The summed E-state index contributed by atoms with van der Waals surface area (Å²) in [5, 5.41) is 0.954. The molecule has 0 radical (unpaired) electrons. The number of halogens is 2. The lowest BCUT2D eigenvalue weighted by Crippen LogP contribution is -2.51. The largest absolute Gasteiger partial charge is 0.334 e. The Hall–Kier alpha value is -0.770. The van der Waals surface area contributed by atoms with Gasteiger partial charge < -0.3 is 10.6 Å². The highest BCUT2D eigenvalue weighted by molar-refractivity contribution is 6.35. The number of nitrogens with zero attached hydrogens (tertiary/aromatic N) is 1. The normalized spacial score (nSPS) is 23.5. The van der Waals surface area contributed by atoms with E-state index in [2.05, 4.69) is 6.92 Å². The molecule has 19 heavy (non-hydrogen) atoms. The zero-order valence-corrected chi connectivity index (χ0v) is 12.4. The van der Waals surface area contributed by atoms with E-state index in [-0.39, 0.29) is 11.9 Å². The molecular weight excluding hydrogens is 283 g/mol. The molecule has 1 saturated heterocycles. The van der Waals surface area contributed by atoms with Crippen LogP contribution >= 0.6 is 23.2 Å². The molecule has 1 heterocycles. The van der Waals surface area contributed by atoms with Crippen LogP contribution in [-0.4, -0.2) is 29.9 Å². The second kappa shape index (κ2) is 6.12. The van der Waals surface area contributed by atoms with E-state index in [9.17, 15) is 4.79 Å². The molecule has 2 rings (SSSR count). The number of likely N-dealkylation sites (tertiary alicyclic amines) is 1. The van der Waals surface area contributed by atoms with Crippen LogP contribution < -0.4 is 5.73 Å². The fourth-order valence-corrected chi connectivity index (χ4v) is 3.23. The summed E-state index contributed by atoms with van der Waals surface area (Å²) in [6.45, 7) is 3.37. The Bertz CT molecular complexity index is 458. The quantitative estimate of drug-likeness (QED) is 0.912. The van der Waals surface area contributed by atoms with Crippen LogP contribution in [0.4, 0.5) is 0 Å². The summed E-state index contributed by atoms with van der Waals surface area (Å²) < 4.78 is 0. The number of hydrogen-bond donors (Lipinski definition) is 1. The van der Waals surface area contributed by atoms with Crippen LogP contribution in [0.2, 0.25) is 10.0 Å². The van der Waals surface area contributed by atoms with Crippen molar-refractivity contribution in [2.45, 2.75) is 25.8 Å². The molecule has 1 amide bonds. The zero-order chi connectivity index (χ0) is 14.0. The van der Waals surface area contributed by atoms with Gasteiger partial charge in [0.1, 0.15) is 0 Å². The standard InChI is InChI=1S/C14H18Cl2N2O/c1-9-3-2-4-18(13(9)8-17)14(19)10-5-11(15)7-12(16)6-10/h5-7,9,13H,2-4,8,17H2,1H3. The molecule has 1 aliphatic rings. The molecule has 5 heteroatoms. The highest BCUT2D eigenvalue weighted by Crippen LogP contribution is 2.26. The van der Waals surface area contributed by atoms with Gasteiger partial charge in [-0.05, 0) is 37.0 Å². The topological polar surface area (TPSA) is 46.3 Å². The van der Waals surface area contributed by atoms with Gasteiger partial charge in [0.25, 0.3) is 5.91 Å². The highest BCUT2D eigenvalue weighted by Gasteiger charge is 2.31. The number of carbonyl (C=O) groups excluding carboxylic acids is 1. The third kappa shape index (κ3) is 3.22. The van der Waals surface area contributed by atoms with E-state index in [4.69, 9.17) is 28.9 Å². The number of hydrogen-bond acceptors (Lipinski definition) is 2. The van der Waals surface area contributed by atoms with Crippen molar-refractivity contribution in [2.24, 2.45) is 11.7 Å². The maximum Gasteiger partial charge on any atom is 0.254 e. The highest BCUT2D eigenvalue weighted by atomic mass is 35.5. The van der Waals surface area contributed by atoms with Gasteiger partial charge in [-0.2, -0.15) is 0 Å². The third-order valence-electron chi connectivity index (χ3n) is 3.73. The van der Waals surface area contributed by atoms with E-state index in [0.717, 1.165) is 19.4 Å². The number of benzene rings is 1. The monoisotopic (exact) mass is 300 g/mol. The number of piperidine rings is 1. The molecule has 1 aromatic carbocycles. The first-order valence-corrected chi connectivity index (χ1v) is 7.25. The van der Waals surface area contributed by atoms with Crippen molar-refractivity contribution in [1.82, 2.24) is 4.90 Å². The Morgan fingerprint density at radius 1 is 1.37 bits per heavy atom. The molecule has 2 unspecified atom stereocenters. The van der Waals surface area contributed by atoms with Crippen molar-refractivity contribution < 1.29 is 4.79 Å². The summed E-state index contributed by atoms with van der Waals surface area (Å²) in [7, 11) is 0. The average Bonchev–Trinajstić information content (AvgIpc) is 2.36. The van der Waals surface area contributed by atoms with E-state index in [1.807, 2.05) is 4.90 Å². The first-order chi connectivity index (χ1) is 9.02. The lowest BCUT2D eigenvalue weighted by molar-refractivity contribution is 0.0532. The first-order valence-electron chi connectivity index (χ1n) is 6.50. The second-order valence-corrected chi connectivity index (χ2v) is 5.95. The number of nitrogens with two attached hydrogens (primary N) is 1. The van der Waals surface area contributed by atoms with Gasteiger partial charge in [0.15, 0.2) is 0 Å². The van der Waals surface area contributed by atoms with Gasteiger partial charge in [-0.1, -0.05) is 30.1 Å². The van der Waals surface area contributed by atoms with Crippen molar-refractivity contribution in [3.63, 3.8) is 0 Å². The van der Waals surface area contributed by atoms with Crippen molar-refractivity contribution in [3.05, 3.63) is 33.8 Å². The molecule has 1 aliphatic heterocycles. The Morgan fingerprint density at radius 3 is 2.58 bits per heavy atom. The molecule has 0 aromatic heterocycles. The molecule has 0 aliphatic carbocycles. The fourth-order valence-electron chi connectivity index (χ4n) is 2.70. The van der Waals surface area contributed by atoms with Gasteiger partial charge in [0.2, 0.25) is 0 Å². The minimum absolute atomic E-state index is 0.0357. The van der Waals surface area contributed by atoms with Crippen molar-refractivity contribution >= 4 is 29.1 Å². The molecule has 0 spiro atoms. The fraction of sp³-hybridized carbons (Fsp3) is 0.500. The molecule has 2 N–H and O–H groups in total. The predicted molar refractivity (Wildman–Crippen MR) is 78.7 cm³/mol. The minimum Gasteiger partial charge on any atom is -0.334 e. The average molecular weight is 301 g/mol. The summed E-state index contributed by atoms with van der Waals surface area (Å²) in [6, 6.07) is 5.03. The summed E-state index contributed by atoms with van der Waals surface area (Å²) in [5.41, 5.74) is 6.35. The number of carbonyl (C=O) groups is 1. The molecule has 104 valence electrons. The molecule has 1 aromatic rings. The minimum atomic E-state index is -0.0357. The van der Waals surface area contributed by atoms with E-state index < -0.39 is 0 Å². The summed E-state index contributed by atoms with van der Waals surface area (Å²) >= 11 is 11.9. The van der Waals surface area contributed by atoms with Gasteiger partial charge in [0, 0.05) is 34.7 Å². The number of amides is 1. The van der Waals surface area contributed by atoms with Crippen molar-refractivity contribution in [1.29, 1.82) is 0 Å². The van der Waals surface area contributed by atoms with E-state index in [1.165, 1.54) is 0 Å². The lowest BCUT2D eigenvalue weighted by atomic mass is 9.90. The van der Waals surface area contributed by atoms with Gasteiger partial charge >= 0.3 is 0 Å². The van der Waals surface area contributed by atoms with Crippen LogP contribution in [0, 0.1) is 5.92 Å². The van der Waals surface area contributed by atoms with Crippen LogP contribution in [0.3, 0.4) is 0 Å². The van der Waals surface area contributed by atoms with E-state index in [1.54, 1.807) is 18.2 Å². The third-order valence-corrected chi connectivity index (χ3v) is 4.16. The van der Waals surface area contributed by atoms with Gasteiger partial charge in [0.05, 0.1) is 0 Å². The predicted octanol–water partition coefficient (Wildman–Crippen LogP) is 3.19. The molecule has 2 atom stereocenters. The van der Waals surface area contributed by atoms with Crippen LogP contribution in [0.5, 0.6) is 0 Å². The summed E-state index contributed by atoms with van der Waals surface area (Å²) in [6.07, 6.45) is 2.12. The van der Waals surface area contributed by atoms with E-state index >= 15 is 0 Å². The second-order valence-electron chi connectivity index (χ2n) is 5.08. The maximum absolute atomic E-state index is 12.6. The van der Waals surface area contributed by atoms with Crippen LogP contribution in [0.15, 0.2) is 18.2 Å². The van der Waals surface area contributed by atoms with Crippen LogP contribution in [0.1, 0.15) is 30.1 Å². The SMILES string of the molecule is CC1CCCN(C(=O)c2cc(Cl)cc(Cl)c2)C1CN. The number of rotatable bonds is 2. The maximum atomic E-state index is 12.6. The lowest BCUT2D eigenvalue weighted by Gasteiger charge is -2.39. The van der Waals surface area contributed by atoms with Crippen LogP contribution in [-0.2, 0) is 0 Å². The van der Waals surface area contributed by atoms with E-state index in [0.29, 0.717) is 28.1 Å². The Labute approximate surface area is 123 Å². The Kier molecular flexibility index (Phi) is 4.71. The van der Waals surface area contributed by atoms with Crippen molar-refractivity contribution in [3.8, 4) is 0 Å². The molecular formula is C14H18Cl2N2O. The Morgan fingerprint density at radius 2 is 2.00 bits per heavy atom. The van der Waals surface area contributed by atoms with Gasteiger partial charge in [-0.3, -0.25) is 4.79 Å². The Balaban J connectivity index is 2.26. The summed E-state index contributed by atoms with van der Waals surface area (Å²) in [5.74, 6) is 0.392. The van der Waals surface area contributed by atoms with Gasteiger partial charge in [-0.15, -0.1) is 0 Å². The molecule has 3 nitrogen and oxygen atoms in total. The zero-order valence-electron chi connectivity index (χ0n) is 10.9. The van der Waals surface area contributed by atoms with Gasteiger partial charge in [-0.25, -0.2) is 0 Å². The smallest absolute Gasteiger partial charge is 0.254 e. The first kappa shape index (κ1) is 14.6. The molecule has 0 bridgehead atoms. The van der Waals surface area contributed by atoms with Crippen LogP contribution in [0.25, 0.3) is 0 Å². The summed E-state index contributed by atoms with van der Waals surface area (Å²) in [4.78, 5) is 14.4. The van der Waals surface area contributed by atoms with Crippen molar-refractivity contribution in [2.75, 3.05) is 13.1 Å². The molecule has 0 saturated carbocycles.